The first-order chi connectivity index (χ1) is 7.43. The number of rotatable bonds is 4. The molecule has 0 amide bonds. The van der Waals surface area contributed by atoms with Crippen LogP contribution in [-0.2, 0) is 14.3 Å². The summed E-state index contributed by atoms with van der Waals surface area (Å²) in [5.74, 6) is -1.19. The summed E-state index contributed by atoms with van der Waals surface area (Å²) in [5.41, 5.74) is 0. The molecule has 0 spiro atoms. The summed E-state index contributed by atoms with van der Waals surface area (Å²) in [6.07, 6.45) is -7.36. The van der Waals surface area contributed by atoms with Crippen LogP contribution >= 0.6 is 0 Å². The first-order valence-electron chi connectivity index (χ1n) is 4.60. The molecule has 5 atom stereocenters. The Labute approximate surface area is 90.6 Å². The zero-order valence-electron chi connectivity index (χ0n) is 8.26. The maximum atomic E-state index is 10.1. The molecular weight excluding hydrogens is 224 g/mol. The molecule has 1 aliphatic heterocycles. The summed E-state index contributed by atoms with van der Waals surface area (Å²) in [7, 11) is 0. The number of carbonyl (C=O) groups is 1. The summed E-state index contributed by atoms with van der Waals surface area (Å²) in [5, 5.41) is 45.2. The van der Waals surface area contributed by atoms with Crippen molar-refractivity contribution in [2.24, 2.45) is 0 Å². The van der Waals surface area contributed by atoms with E-state index in [0.29, 0.717) is 0 Å². The van der Waals surface area contributed by atoms with Crippen molar-refractivity contribution in [1.82, 2.24) is 0 Å². The van der Waals surface area contributed by atoms with Crippen LogP contribution in [0.3, 0.4) is 0 Å². The van der Waals surface area contributed by atoms with Crippen molar-refractivity contribution < 1.29 is 39.8 Å². The molecule has 1 rings (SSSR count). The minimum absolute atomic E-state index is 0.311. The fourth-order valence-electron chi connectivity index (χ4n) is 1.33. The van der Waals surface area contributed by atoms with E-state index < -0.39 is 43.3 Å². The van der Waals surface area contributed by atoms with Crippen molar-refractivity contribution in [2.75, 3.05) is 13.2 Å². The average Bonchev–Trinajstić information content (AvgIpc) is 2.22. The zero-order valence-corrected chi connectivity index (χ0v) is 8.26. The fraction of sp³-hybridized carbons (Fsp3) is 0.875. The van der Waals surface area contributed by atoms with E-state index in [2.05, 4.69) is 4.74 Å². The van der Waals surface area contributed by atoms with E-state index in [1.165, 1.54) is 0 Å². The highest BCUT2D eigenvalue weighted by Gasteiger charge is 2.42. The number of hydrogen-bond acceptors (Lipinski definition) is 7. The van der Waals surface area contributed by atoms with Gasteiger partial charge in [0.05, 0.1) is 6.61 Å². The van der Waals surface area contributed by atoms with Crippen molar-refractivity contribution in [3.05, 3.63) is 0 Å². The van der Waals surface area contributed by atoms with Crippen LogP contribution in [0, 0.1) is 0 Å². The normalized spacial score (nSPS) is 39.6. The zero-order chi connectivity index (χ0) is 12.3. The van der Waals surface area contributed by atoms with Crippen LogP contribution in [0.5, 0.6) is 0 Å². The Hall–Kier alpha value is -0.770. The molecule has 0 saturated carbocycles. The Kier molecular flexibility index (Phi) is 4.59. The van der Waals surface area contributed by atoms with Gasteiger partial charge in [-0.15, -0.1) is 0 Å². The predicted molar refractivity (Wildman–Crippen MR) is 47.4 cm³/mol. The van der Waals surface area contributed by atoms with E-state index in [1.54, 1.807) is 0 Å². The van der Waals surface area contributed by atoms with Gasteiger partial charge in [-0.2, -0.15) is 0 Å². The second-order valence-electron chi connectivity index (χ2n) is 3.45. The quantitative estimate of drug-likeness (QED) is 0.347. The highest BCUT2D eigenvalue weighted by molar-refractivity contribution is 5.67. The first kappa shape index (κ1) is 13.3. The van der Waals surface area contributed by atoms with Gasteiger partial charge >= 0.3 is 5.97 Å². The van der Waals surface area contributed by atoms with Gasteiger partial charge in [0.2, 0.25) is 0 Å². The lowest BCUT2D eigenvalue weighted by Crippen LogP contribution is -2.58. The Morgan fingerprint density at radius 3 is 2.31 bits per heavy atom. The third-order valence-corrected chi connectivity index (χ3v) is 2.19. The van der Waals surface area contributed by atoms with Crippen LogP contribution in [0.25, 0.3) is 0 Å². The van der Waals surface area contributed by atoms with E-state index in [-0.39, 0.29) is 6.61 Å². The smallest absolute Gasteiger partial charge is 0.329 e. The molecule has 1 aliphatic rings. The molecule has 0 aromatic rings. The molecule has 8 nitrogen and oxygen atoms in total. The predicted octanol–water partition coefficient (Wildman–Crippen LogP) is -3.11. The van der Waals surface area contributed by atoms with Gasteiger partial charge in [-0.25, -0.2) is 4.79 Å². The third kappa shape index (κ3) is 3.11. The maximum absolute atomic E-state index is 10.1. The van der Waals surface area contributed by atoms with Crippen LogP contribution in [0.15, 0.2) is 0 Å². The van der Waals surface area contributed by atoms with Crippen molar-refractivity contribution >= 4 is 5.97 Å². The minimum atomic E-state index is -1.64. The van der Waals surface area contributed by atoms with Gasteiger partial charge in [-0.1, -0.05) is 0 Å². The standard InChI is InChI=1S/C8H14O8/c9-4(10)2-15-1-3-5(11)6(12)7(13)8(14)16-3/h3,5-8,11-14H,1-2H2,(H,9,10)/t3-,5-,6+,7+,8+/m1/s1. The topological polar surface area (TPSA) is 137 Å². The largest absolute Gasteiger partial charge is 0.480 e. The van der Waals surface area contributed by atoms with Crippen molar-refractivity contribution in [1.29, 1.82) is 0 Å². The summed E-state index contributed by atoms with van der Waals surface area (Å²) in [6.45, 7) is -0.893. The molecule has 0 aromatic carbocycles. The number of aliphatic hydroxyl groups excluding tert-OH is 4. The van der Waals surface area contributed by atoms with E-state index in [0.717, 1.165) is 0 Å². The summed E-state index contributed by atoms with van der Waals surface area (Å²) in [4.78, 5) is 10.1. The lowest BCUT2D eigenvalue weighted by Gasteiger charge is -2.38. The molecule has 8 heteroatoms. The van der Waals surface area contributed by atoms with E-state index in [1.807, 2.05) is 0 Å². The van der Waals surface area contributed by atoms with Gasteiger partial charge in [0.15, 0.2) is 6.29 Å². The number of aliphatic carboxylic acids is 1. The second kappa shape index (κ2) is 5.53. The molecule has 94 valence electrons. The lowest BCUT2D eigenvalue weighted by molar-refractivity contribution is -0.288. The molecule has 0 bridgehead atoms. The second-order valence-corrected chi connectivity index (χ2v) is 3.45. The molecule has 0 unspecified atom stereocenters. The Balaban J connectivity index is 2.44. The van der Waals surface area contributed by atoms with Crippen LogP contribution in [0.2, 0.25) is 0 Å². The van der Waals surface area contributed by atoms with Gasteiger partial charge in [-0.3, -0.25) is 0 Å². The summed E-state index contributed by atoms with van der Waals surface area (Å²) in [6, 6.07) is 0. The van der Waals surface area contributed by atoms with Gasteiger partial charge < -0.3 is 35.0 Å². The highest BCUT2D eigenvalue weighted by atomic mass is 16.6. The van der Waals surface area contributed by atoms with Gasteiger partial charge in [0.25, 0.3) is 0 Å². The number of carboxylic acids is 1. The number of aliphatic hydroxyl groups is 4. The molecule has 16 heavy (non-hydrogen) atoms. The SMILES string of the molecule is O=C(O)COC[C@H]1O[C@H](O)[C@@H](O)[C@@H](O)[C@@H]1O. The average molecular weight is 238 g/mol. The Morgan fingerprint density at radius 1 is 1.12 bits per heavy atom. The minimum Gasteiger partial charge on any atom is -0.480 e. The summed E-state index contributed by atoms with van der Waals surface area (Å²) < 4.78 is 9.39. The van der Waals surface area contributed by atoms with E-state index in [4.69, 9.17) is 20.1 Å². The maximum Gasteiger partial charge on any atom is 0.329 e. The van der Waals surface area contributed by atoms with E-state index >= 15 is 0 Å². The molecular formula is C8H14O8. The fourth-order valence-corrected chi connectivity index (χ4v) is 1.33. The third-order valence-electron chi connectivity index (χ3n) is 2.19. The van der Waals surface area contributed by atoms with Crippen LogP contribution in [0.4, 0.5) is 0 Å². The van der Waals surface area contributed by atoms with Crippen molar-refractivity contribution in [3.63, 3.8) is 0 Å². The first-order valence-corrected chi connectivity index (χ1v) is 4.60. The van der Waals surface area contributed by atoms with Crippen LogP contribution in [0.1, 0.15) is 0 Å². The highest BCUT2D eigenvalue weighted by Crippen LogP contribution is 2.19. The summed E-state index contributed by atoms with van der Waals surface area (Å²) >= 11 is 0. The van der Waals surface area contributed by atoms with Gasteiger partial charge in [0, 0.05) is 0 Å². The Bertz CT molecular complexity index is 244. The number of ether oxygens (including phenoxy) is 2. The van der Waals surface area contributed by atoms with Crippen LogP contribution < -0.4 is 0 Å². The van der Waals surface area contributed by atoms with E-state index in [9.17, 15) is 15.0 Å². The molecule has 0 aromatic heterocycles. The molecule has 0 aliphatic carbocycles. The van der Waals surface area contributed by atoms with Crippen LogP contribution in [-0.4, -0.2) is 75.4 Å². The van der Waals surface area contributed by atoms with Crippen molar-refractivity contribution in [2.45, 2.75) is 30.7 Å². The number of hydrogen-bond donors (Lipinski definition) is 5. The van der Waals surface area contributed by atoms with Gasteiger partial charge in [0.1, 0.15) is 31.0 Å². The monoisotopic (exact) mass is 238 g/mol. The molecule has 1 heterocycles. The lowest BCUT2D eigenvalue weighted by atomic mass is 9.99. The molecule has 5 N–H and O–H groups in total. The molecule has 1 fully saturated rings. The van der Waals surface area contributed by atoms with Crippen molar-refractivity contribution in [3.8, 4) is 0 Å². The Morgan fingerprint density at radius 2 is 1.75 bits per heavy atom. The van der Waals surface area contributed by atoms with Gasteiger partial charge in [-0.05, 0) is 0 Å². The molecule has 0 radical (unpaired) electrons. The molecule has 1 saturated heterocycles. The number of carboxylic acid groups (broad SMARTS) is 1.